The van der Waals surface area contributed by atoms with Crippen LogP contribution in [0.15, 0.2) is 48.5 Å². The number of halogens is 1. The van der Waals surface area contributed by atoms with Crippen molar-refractivity contribution in [1.29, 1.82) is 0 Å². The molecule has 0 aromatic heterocycles. The van der Waals surface area contributed by atoms with E-state index in [9.17, 15) is 4.79 Å². The second-order valence-corrected chi connectivity index (χ2v) is 6.62. The van der Waals surface area contributed by atoms with Crippen LogP contribution in [0.4, 0.5) is 0 Å². The quantitative estimate of drug-likeness (QED) is 0.651. The van der Waals surface area contributed by atoms with Crippen molar-refractivity contribution in [1.82, 2.24) is 0 Å². The normalized spacial score (nSPS) is 15.7. The van der Waals surface area contributed by atoms with E-state index in [-0.39, 0.29) is 5.78 Å². The monoisotopic (exact) mass is 312 g/mol. The van der Waals surface area contributed by atoms with Crippen LogP contribution >= 0.6 is 11.6 Å². The van der Waals surface area contributed by atoms with Crippen LogP contribution in [0.1, 0.15) is 59.5 Å². The van der Waals surface area contributed by atoms with E-state index in [0.717, 1.165) is 11.1 Å². The number of Topliss-reactive ketones (excluding diaryl/α,β-unsaturated/α-hetero) is 1. The largest absolute Gasteiger partial charge is 0.294 e. The Hall–Kier alpha value is -1.60. The molecule has 0 radical (unpaired) electrons. The van der Waals surface area contributed by atoms with Gasteiger partial charge in [0.1, 0.15) is 0 Å². The molecule has 2 aromatic rings. The van der Waals surface area contributed by atoms with Crippen molar-refractivity contribution in [2.75, 3.05) is 0 Å². The van der Waals surface area contributed by atoms with Crippen LogP contribution in [-0.4, -0.2) is 5.78 Å². The van der Waals surface area contributed by atoms with Crippen LogP contribution in [0.5, 0.6) is 0 Å². The summed E-state index contributed by atoms with van der Waals surface area (Å²) in [6.45, 7) is 0. The zero-order valence-electron chi connectivity index (χ0n) is 12.7. The third-order valence-electron chi connectivity index (χ3n) is 4.59. The third kappa shape index (κ3) is 3.78. The molecule has 22 heavy (non-hydrogen) atoms. The van der Waals surface area contributed by atoms with E-state index in [1.807, 2.05) is 36.4 Å². The molecular formula is C20H21ClO. The summed E-state index contributed by atoms with van der Waals surface area (Å²) in [6.07, 6.45) is 7.05. The molecule has 0 atom stereocenters. The highest BCUT2D eigenvalue weighted by Gasteiger charge is 2.16. The number of rotatable bonds is 4. The van der Waals surface area contributed by atoms with E-state index in [4.69, 9.17) is 11.6 Å². The highest BCUT2D eigenvalue weighted by Crippen LogP contribution is 2.32. The molecule has 1 nitrogen and oxygen atoms in total. The van der Waals surface area contributed by atoms with Crippen LogP contribution < -0.4 is 0 Å². The third-order valence-corrected chi connectivity index (χ3v) is 4.84. The first kappa shape index (κ1) is 15.3. The Bertz CT molecular complexity index is 622. The van der Waals surface area contributed by atoms with Crippen molar-refractivity contribution in [3.05, 3.63) is 70.2 Å². The second-order valence-electron chi connectivity index (χ2n) is 6.18. The summed E-state index contributed by atoms with van der Waals surface area (Å²) < 4.78 is 0. The van der Waals surface area contributed by atoms with Gasteiger partial charge in [0.25, 0.3) is 0 Å². The standard InChI is InChI=1S/C20H21ClO/c21-19-12-6-15(7-13-19)14-20(22)18-10-8-17(9-11-18)16-4-2-1-3-5-16/h6-13,16H,1-5,14H2. The van der Waals surface area contributed by atoms with E-state index in [0.29, 0.717) is 17.4 Å². The molecule has 0 heterocycles. The predicted octanol–water partition coefficient (Wildman–Crippen LogP) is 5.81. The zero-order valence-corrected chi connectivity index (χ0v) is 13.5. The lowest BCUT2D eigenvalue weighted by Gasteiger charge is -2.22. The maximum absolute atomic E-state index is 12.4. The summed E-state index contributed by atoms with van der Waals surface area (Å²) in [6, 6.07) is 15.8. The smallest absolute Gasteiger partial charge is 0.167 e. The van der Waals surface area contributed by atoms with Gasteiger partial charge in [-0.1, -0.05) is 67.3 Å². The fourth-order valence-corrected chi connectivity index (χ4v) is 3.39. The van der Waals surface area contributed by atoms with E-state index >= 15 is 0 Å². The lowest BCUT2D eigenvalue weighted by molar-refractivity contribution is 0.0993. The fourth-order valence-electron chi connectivity index (χ4n) is 3.27. The topological polar surface area (TPSA) is 17.1 Å². The first-order chi connectivity index (χ1) is 10.7. The molecule has 0 unspecified atom stereocenters. The Kier molecular flexibility index (Phi) is 4.94. The Balaban J connectivity index is 1.66. The van der Waals surface area contributed by atoms with Crippen LogP contribution in [0.3, 0.4) is 0 Å². The van der Waals surface area contributed by atoms with Gasteiger partial charge in [-0.2, -0.15) is 0 Å². The molecule has 0 spiro atoms. The minimum Gasteiger partial charge on any atom is -0.294 e. The van der Waals surface area contributed by atoms with Gasteiger partial charge in [-0.15, -0.1) is 0 Å². The predicted molar refractivity (Wildman–Crippen MR) is 91.8 cm³/mol. The van der Waals surface area contributed by atoms with E-state index < -0.39 is 0 Å². The Morgan fingerprint density at radius 2 is 1.55 bits per heavy atom. The maximum Gasteiger partial charge on any atom is 0.167 e. The van der Waals surface area contributed by atoms with Crippen LogP contribution in [-0.2, 0) is 6.42 Å². The van der Waals surface area contributed by atoms with Gasteiger partial charge in [-0.25, -0.2) is 0 Å². The number of carbonyl (C=O) groups is 1. The highest BCUT2D eigenvalue weighted by molar-refractivity contribution is 6.30. The average Bonchev–Trinajstić information content (AvgIpc) is 2.58. The molecule has 1 saturated carbocycles. The summed E-state index contributed by atoms with van der Waals surface area (Å²) in [5.74, 6) is 0.853. The lowest BCUT2D eigenvalue weighted by Crippen LogP contribution is -2.06. The number of benzene rings is 2. The van der Waals surface area contributed by atoms with Crippen molar-refractivity contribution in [3.8, 4) is 0 Å². The Morgan fingerprint density at radius 3 is 2.18 bits per heavy atom. The Labute approximate surface area is 137 Å². The van der Waals surface area contributed by atoms with Gasteiger partial charge < -0.3 is 0 Å². The minimum absolute atomic E-state index is 0.164. The molecule has 2 heteroatoms. The molecule has 2 aromatic carbocycles. The van der Waals surface area contributed by atoms with Gasteiger partial charge in [0.05, 0.1) is 0 Å². The second kappa shape index (κ2) is 7.11. The van der Waals surface area contributed by atoms with Crippen molar-refractivity contribution in [2.45, 2.75) is 44.4 Å². The minimum atomic E-state index is 0.164. The molecular weight excluding hydrogens is 292 g/mol. The number of ketones is 1. The van der Waals surface area contributed by atoms with Gasteiger partial charge in [0.2, 0.25) is 0 Å². The van der Waals surface area contributed by atoms with Gasteiger partial charge in [0.15, 0.2) is 5.78 Å². The SMILES string of the molecule is O=C(Cc1ccc(Cl)cc1)c1ccc(C2CCCCC2)cc1. The highest BCUT2D eigenvalue weighted by atomic mass is 35.5. The molecule has 0 N–H and O–H groups in total. The number of carbonyl (C=O) groups excluding carboxylic acids is 1. The van der Waals surface area contributed by atoms with Crippen LogP contribution in [0.25, 0.3) is 0 Å². The average molecular weight is 313 g/mol. The van der Waals surface area contributed by atoms with Crippen molar-refractivity contribution < 1.29 is 4.79 Å². The molecule has 0 amide bonds. The molecule has 1 aliphatic rings. The van der Waals surface area contributed by atoms with Crippen molar-refractivity contribution in [3.63, 3.8) is 0 Å². The first-order valence-electron chi connectivity index (χ1n) is 8.10. The molecule has 0 saturated heterocycles. The summed E-state index contributed by atoms with van der Waals surface area (Å²) >= 11 is 5.87. The summed E-state index contributed by atoms with van der Waals surface area (Å²) in [7, 11) is 0. The van der Waals surface area contributed by atoms with E-state index in [1.54, 1.807) is 0 Å². The van der Waals surface area contributed by atoms with Gasteiger partial charge >= 0.3 is 0 Å². The molecule has 114 valence electrons. The zero-order chi connectivity index (χ0) is 15.4. The van der Waals surface area contributed by atoms with Crippen LogP contribution in [0.2, 0.25) is 5.02 Å². The summed E-state index contributed by atoms with van der Waals surface area (Å²) in [5.41, 5.74) is 3.20. The maximum atomic E-state index is 12.4. The summed E-state index contributed by atoms with van der Waals surface area (Å²) in [5, 5.41) is 0.702. The first-order valence-corrected chi connectivity index (χ1v) is 8.48. The van der Waals surface area contributed by atoms with Gasteiger partial charge in [-0.3, -0.25) is 4.79 Å². The van der Waals surface area contributed by atoms with Gasteiger partial charge in [-0.05, 0) is 42.0 Å². The number of hydrogen-bond acceptors (Lipinski definition) is 1. The lowest BCUT2D eigenvalue weighted by atomic mass is 9.84. The van der Waals surface area contributed by atoms with E-state index in [2.05, 4.69) is 12.1 Å². The molecule has 1 aliphatic carbocycles. The molecule has 1 fully saturated rings. The summed E-state index contributed by atoms with van der Waals surface area (Å²) in [4.78, 5) is 12.4. The molecule has 0 aliphatic heterocycles. The molecule has 3 rings (SSSR count). The van der Waals surface area contributed by atoms with Crippen molar-refractivity contribution >= 4 is 17.4 Å². The fraction of sp³-hybridized carbons (Fsp3) is 0.350. The Morgan fingerprint density at radius 1 is 0.909 bits per heavy atom. The van der Waals surface area contributed by atoms with Gasteiger partial charge in [0, 0.05) is 17.0 Å². The van der Waals surface area contributed by atoms with Crippen LogP contribution in [0, 0.1) is 0 Å². The van der Waals surface area contributed by atoms with E-state index in [1.165, 1.54) is 37.7 Å². The van der Waals surface area contributed by atoms with Crippen molar-refractivity contribution in [2.24, 2.45) is 0 Å². The number of hydrogen-bond donors (Lipinski definition) is 0. The molecule has 0 bridgehead atoms.